The van der Waals surface area contributed by atoms with Crippen LogP contribution in [0.15, 0.2) is 53.4 Å². The van der Waals surface area contributed by atoms with Crippen molar-refractivity contribution >= 4 is 17.7 Å². The van der Waals surface area contributed by atoms with Gasteiger partial charge in [-0.2, -0.15) is 0 Å². The van der Waals surface area contributed by atoms with Crippen LogP contribution in [0.1, 0.15) is 18.4 Å². The molecule has 5 nitrogen and oxygen atoms in total. The molecule has 2 N–H and O–H groups in total. The van der Waals surface area contributed by atoms with Gasteiger partial charge in [0.15, 0.2) is 11.5 Å². The van der Waals surface area contributed by atoms with Gasteiger partial charge in [-0.3, -0.25) is 4.79 Å². The van der Waals surface area contributed by atoms with Crippen LogP contribution in [0.4, 0.5) is 0 Å². The first-order valence-electron chi connectivity index (χ1n) is 9.30. The molecule has 2 aromatic rings. The van der Waals surface area contributed by atoms with Crippen LogP contribution in [-0.2, 0) is 11.3 Å². The van der Waals surface area contributed by atoms with Gasteiger partial charge in [0.05, 0.1) is 0 Å². The van der Waals surface area contributed by atoms with Crippen molar-refractivity contribution in [3.63, 3.8) is 0 Å². The Kier molecular flexibility index (Phi) is 7.42. The molecule has 0 aliphatic carbocycles. The third kappa shape index (κ3) is 5.91. The molecule has 0 bridgehead atoms. The van der Waals surface area contributed by atoms with Crippen molar-refractivity contribution < 1.29 is 14.3 Å². The van der Waals surface area contributed by atoms with Crippen LogP contribution in [0.25, 0.3) is 0 Å². The number of nitrogens with two attached hydrogens (primary N) is 1. The molecule has 0 radical (unpaired) electrons. The fourth-order valence-corrected chi connectivity index (χ4v) is 3.77. The van der Waals surface area contributed by atoms with Gasteiger partial charge in [-0.25, -0.2) is 0 Å². The molecule has 144 valence electrons. The summed E-state index contributed by atoms with van der Waals surface area (Å²) >= 11 is 1.66. The summed E-state index contributed by atoms with van der Waals surface area (Å²) < 4.78 is 11.2. The summed E-state index contributed by atoms with van der Waals surface area (Å²) in [4.78, 5) is 15.7. The predicted molar refractivity (Wildman–Crippen MR) is 108 cm³/mol. The fourth-order valence-electron chi connectivity index (χ4n) is 2.91. The maximum absolute atomic E-state index is 12.7. The second-order valence-corrected chi connectivity index (χ2v) is 7.52. The average Bonchev–Trinajstić information content (AvgIpc) is 2.71. The minimum Gasteiger partial charge on any atom is -0.486 e. The van der Waals surface area contributed by atoms with E-state index in [1.807, 2.05) is 53.4 Å². The lowest BCUT2D eigenvalue weighted by Gasteiger charge is -2.23. The molecule has 6 heteroatoms. The van der Waals surface area contributed by atoms with E-state index in [0.29, 0.717) is 39.3 Å². The van der Waals surface area contributed by atoms with Crippen molar-refractivity contribution in [1.29, 1.82) is 0 Å². The molecule has 3 rings (SSSR count). The molecule has 0 fully saturated rings. The van der Waals surface area contributed by atoms with Crippen LogP contribution < -0.4 is 15.2 Å². The third-order valence-electron chi connectivity index (χ3n) is 4.30. The highest BCUT2D eigenvalue weighted by Crippen LogP contribution is 2.34. The monoisotopic (exact) mass is 386 g/mol. The van der Waals surface area contributed by atoms with Crippen LogP contribution in [0.3, 0.4) is 0 Å². The fraction of sp³-hybridized carbons (Fsp3) is 0.381. The Hall–Kier alpha value is -2.18. The zero-order valence-corrected chi connectivity index (χ0v) is 16.2. The lowest BCUT2D eigenvalue weighted by molar-refractivity contribution is -0.131. The highest BCUT2D eigenvalue weighted by molar-refractivity contribution is 7.99. The maximum Gasteiger partial charge on any atom is 0.223 e. The predicted octanol–water partition coefficient (Wildman–Crippen LogP) is 3.32. The molecular formula is C21H26N2O3S. The highest BCUT2D eigenvalue weighted by Gasteiger charge is 2.15. The van der Waals surface area contributed by atoms with E-state index in [4.69, 9.17) is 15.2 Å². The SMILES string of the molecule is NCCCN(Cc1ccccc1)C(=O)CCSc1ccc2c(c1)OCCO2. The number of rotatable bonds is 9. The number of carbonyl (C=O) groups excluding carboxylic acids is 1. The van der Waals surface area contributed by atoms with Gasteiger partial charge in [0.25, 0.3) is 0 Å². The van der Waals surface area contributed by atoms with E-state index in [9.17, 15) is 4.79 Å². The number of ether oxygens (including phenoxy) is 2. The number of carbonyl (C=O) groups is 1. The van der Waals surface area contributed by atoms with Gasteiger partial charge in [0.2, 0.25) is 5.91 Å². The zero-order valence-electron chi connectivity index (χ0n) is 15.4. The minimum atomic E-state index is 0.164. The van der Waals surface area contributed by atoms with Gasteiger partial charge < -0.3 is 20.1 Å². The number of nitrogens with zero attached hydrogens (tertiary/aromatic N) is 1. The topological polar surface area (TPSA) is 64.8 Å². The van der Waals surface area contributed by atoms with E-state index in [1.165, 1.54) is 0 Å². The van der Waals surface area contributed by atoms with E-state index < -0.39 is 0 Å². The average molecular weight is 387 g/mol. The zero-order chi connectivity index (χ0) is 18.9. The van der Waals surface area contributed by atoms with Gasteiger partial charge in [-0.05, 0) is 36.7 Å². The first kappa shape index (κ1) is 19.6. The summed E-state index contributed by atoms with van der Waals surface area (Å²) in [6.07, 6.45) is 1.31. The summed E-state index contributed by atoms with van der Waals surface area (Å²) in [5.41, 5.74) is 6.78. The molecule has 0 unspecified atom stereocenters. The molecule has 27 heavy (non-hydrogen) atoms. The Morgan fingerprint density at radius 2 is 1.85 bits per heavy atom. The van der Waals surface area contributed by atoms with Gasteiger partial charge in [0.1, 0.15) is 13.2 Å². The lowest BCUT2D eigenvalue weighted by atomic mass is 10.2. The molecule has 0 spiro atoms. The van der Waals surface area contributed by atoms with Crippen molar-refractivity contribution in [2.75, 3.05) is 32.1 Å². The van der Waals surface area contributed by atoms with Crippen LogP contribution in [0, 0.1) is 0 Å². The third-order valence-corrected chi connectivity index (χ3v) is 5.29. The Labute approximate surface area is 164 Å². The summed E-state index contributed by atoms with van der Waals surface area (Å²) in [5, 5.41) is 0. The van der Waals surface area contributed by atoms with Crippen LogP contribution >= 0.6 is 11.8 Å². The first-order valence-corrected chi connectivity index (χ1v) is 10.3. The smallest absolute Gasteiger partial charge is 0.223 e. The molecule has 0 saturated heterocycles. The lowest BCUT2D eigenvalue weighted by Crippen LogP contribution is -2.32. The van der Waals surface area contributed by atoms with E-state index in [2.05, 4.69) is 0 Å². The standard InChI is InChI=1S/C21H26N2O3S/c22-10-4-11-23(16-17-5-2-1-3-6-17)21(24)9-14-27-18-7-8-19-20(15-18)26-13-12-25-19/h1-3,5-8,15H,4,9-14,16,22H2. The van der Waals surface area contributed by atoms with Crippen molar-refractivity contribution in [3.05, 3.63) is 54.1 Å². The number of amides is 1. The summed E-state index contributed by atoms with van der Waals surface area (Å²) in [7, 11) is 0. The molecule has 0 atom stereocenters. The molecule has 0 saturated carbocycles. The number of fused-ring (bicyclic) bond motifs is 1. The van der Waals surface area contributed by atoms with Crippen molar-refractivity contribution in [2.45, 2.75) is 24.3 Å². The molecule has 1 amide bonds. The highest BCUT2D eigenvalue weighted by atomic mass is 32.2. The molecule has 1 heterocycles. The second-order valence-electron chi connectivity index (χ2n) is 6.35. The molecule has 2 aromatic carbocycles. The number of hydrogen-bond acceptors (Lipinski definition) is 5. The van der Waals surface area contributed by atoms with Gasteiger partial charge in [0, 0.05) is 30.2 Å². The molecule has 1 aliphatic rings. The van der Waals surface area contributed by atoms with Crippen LogP contribution in [0.5, 0.6) is 11.5 Å². The molecular weight excluding hydrogens is 360 g/mol. The van der Waals surface area contributed by atoms with Gasteiger partial charge in [-0.15, -0.1) is 11.8 Å². The second kappa shape index (κ2) is 10.2. The largest absolute Gasteiger partial charge is 0.486 e. The Bertz CT molecular complexity index is 739. The normalized spacial score (nSPS) is 12.6. The van der Waals surface area contributed by atoms with Crippen LogP contribution in [-0.4, -0.2) is 42.9 Å². The quantitative estimate of drug-likeness (QED) is 0.670. The Balaban J connectivity index is 1.52. The van der Waals surface area contributed by atoms with E-state index in [-0.39, 0.29) is 5.91 Å². The maximum atomic E-state index is 12.7. The summed E-state index contributed by atoms with van der Waals surface area (Å²) in [6, 6.07) is 16.0. The van der Waals surface area contributed by atoms with Crippen molar-refractivity contribution in [2.24, 2.45) is 5.73 Å². The first-order chi connectivity index (χ1) is 13.3. The number of benzene rings is 2. The Morgan fingerprint density at radius 3 is 2.63 bits per heavy atom. The summed E-state index contributed by atoms with van der Waals surface area (Å²) in [5.74, 6) is 2.47. The minimum absolute atomic E-state index is 0.164. The molecule has 0 aromatic heterocycles. The van der Waals surface area contributed by atoms with E-state index in [1.54, 1.807) is 11.8 Å². The van der Waals surface area contributed by atoms with Crippen molar-refractivity contribution in [3.8, 4) is 11.5 Å². The van der Waals surface area contributed by atoms with Crippen LogP contribution in [0.2, 0.25) is 0 Å². The molecule has 1 aliphatic heterocycles. The van der Waals surface area contributed by atoms with Gasteiger partial charge in [-0.1, -0.05) is 30.3 Å². The summed E-state index contributed by atoms with van der Waals surface area (Å²) in [6.45, 7) is 3.08. The number of thioether (sulfide) groups is 1. The van der Waals surface area contributed by atoms with Gasteiger partial charge >= 0.3 is 0 Å². The number of hydrogen-bond donors (Lipinski definition) is 1. The van der Waals surface area contributed by atoms with E-state index in [0.717, 1.165) is 34.1 Å². The Morgan fingerprint density at radius 1 is 1.07 bits per heavy atom. The van der Waals surface area contributed by atoms with E-state index >= 15 is 0 Å². The van der Waals surface area contributed by atoms with Crippen molar-refractivity contribution in [1.82, 2.24) is 4.90 Å².